The minimum absolute atomic E-state index is 0.292. The number of nitrogens with one attached hydrogen (secondary N) is 1. The Kier molecular flexibility index (Phi) is 5.30. The number of carbonyl (C=O) groups is 2. The number of nitrogens with zero attached hydrogens (tertiary/aromatic N) is 3. The molecule has 2 atom stereocenters. The maximum atomic E-state index is 12.6. The highest BCUT2D eigenvalue weighted by molar-refractivity contribution is 5.93. The molecule has 0 radical (unpaired) electrons. The van der Waals surface area contributed by atoms with Gasteiger partial charge in [0.25, 0.3) is 5.91 Å². The van der Waals surface area contributed by atoms with Crippen LogP contribution in [0.1, 0.15) is 76.6 Å². The second-order valence-electron chi connectivity index (χ2n) is 7.84. The van der Waals surface area contributed by atoms with E-state index in [1.165, 1.54) is 0 Å². The van der Waals surface area contributed by atoms with Crippen molar-refractivity contribution in [2.45, 2.75) is 78.5 Å². The Morgan fingerprint density at radius 3 is 2.58 bits per heavy atom. The molecule has 0 spiro atoms. The predicted molar refractivity (Wildman–Crippen MR) is 89.6 cm³/mol. The van der Waals surface area contributed by atoms with E-state index in [0.29, 0.717) is 30.1 Å². The normalized spacial score (nSPS) is 20.7. The molecule has 0 saturated heterocycles. The van der Waals surface area contributed by atoms with Gasteiger partial charge in [0.2, 0.25) is 6.10 Å². The number of fused-ring (bicyclic) bond motifs is 1. The zero-order valence-electron chi connectivity index (χ0n) is 15.4. The molecule has 1 aliphatic rings. The second kappa shape index (κ2) is 6.91. The third-order valence-corrected chi connectivity index (χ3v) is 3.81. The van der Waals surface area contributed by atoms with Crippen molar-refractivity contribution in [2.24, 2.45) is 5.92 Å². The quantitative estimate of drug-likeness (QED) is 0.834. The zero-order chi connectivity index (χ0) is 18.1. The molecular formula is C17H28N4O3. The number of aryl methyl sites for hydroxylation is 1. The zero-order valence-corrected chi connectivity index (χ0v) is 15.4. The van der Waals surface area contributed by atoms with E-state index in [4.69, 9.17) is 4.74 Å². The molecule has 1 aromatic rings. The number of hydrogen-bond donors (Lipinski definition) is 1. The van der Waals surface area contributed by atoms with E-state index in [2.05, 4.69) is 29.5 Å². The van der Waals surface area contributed by atoms with Crippen LogP contribution in [-0.4, -0.2) is 38.5 Å². The molecule has 0 saturated carbocycles. The molecule has 1 unspecified atom stereocenters. The third kappa shape index (κ3) is 3.94. The van der Waals surface area contributed by atoms with Crippen LogP contribution in [0, 0.1) is 5.92 Å². The molecule has 134 valence electrons. The van der Waals surface area contributed by atoms with E-state index in [1.54, 1.807) is 4.68 Å². The van der Waals surface area contributed by atoms with Crippen LogP contribution in [0.5, 0.6) is 0 Å². The van der Waals surface area contributed by atoms with Crippen molar-refractivity contribution in [3.8, 4) is 0 Å². The maximum Gasteiger partial charge on any atom is 0.359 e. The van der Waals surface area contributed by atoms with Crippen molar-refractivity contribution in [3.63, 3.8) is 0 Å². The van der Waals surface area contributed by atoms with Crippen LogP contribution in [0.4, 0.5) is 0 Å². The van der Waals surface area contributed by atoms with E-state index in [-0.39, 0.29) is 11.9 Å². The Morgan fingerprint density at radius 2 is 2.04 bits per heavy atom. The fraction of sp³-hybridized carbons (Fsp3) is 0.765. The standard InChI is InChI=1S/C17H28N4O3/c1-7-8-11-13-16(23)24-14(15(22)18-17(4,5)6)12(9-10(2)3)21(13)20-19-11/h10,12,14H,7-9H2,1-6H3,(H,18,22)/t12-,14?/m0/s1. The van der Waals surface area contributed by atoms with Gasteiger partial charge in [-0.3, -0.25) is 4.79 Å². The van der Waals surface area contributed by atoms with E-state index < -0.39 is 17.6 Å². The lowest BCUT2D eigenvalue weighted by Crippen LogP contribution is -2.52. The van der Waals surface area contributed by atoms with Gasteiger partial charge >= 0.3 is 5.97 Å². The average Bonchev–Trinajstić information content (AvgIpc) is 2.84. The number of aromatic nitrogens is 3. The summed E-state index contributed by atoms with van der Waals surface area (Å²) in [5, 5.41) is 11.2. The smallest absolute Gasteiger partial charge is 0.359 e. The summed E-state index contributed by atoms with van der Waals surface area (Å²) in [6, 6.07) is -0.335. The van der Waals surface area contributed by atoms with Gasteiger partial charge < -0.3 is 10.1 Å². The number of cyclic esters (lactones) is 1. The summed E-state index contributed by atoms with van der Waals surface area (Å²) in [4.78, 5) is 25.1. The first-order chi connectivity index (χ1) is 11.1. The van der Waals surface area contributed by atoms with Gasteiger partial charge in [-0.2, -0.15) is 0 Å². The molecular weight excluding hydrogens is 308 g/mol. The number of amides is 1. The molecule has 24 heavy (non-hydrogen) atoms. The Bertz CT molecular complexity index is 616. The fourth-order valence-electron chi connectivity index (χ4n) is 2.93. The lowest BCUT2D eigenvalue weighted by atomic mass is 9.96. The first-order valence-corrected chi connectivity index (χ1v) is 8.61. The van der Waals surface area contributed by atoms with Crippen LogP contribution in [0.2, 0.25) is 0 Å². The van der Waals surface area contributed by atoms with Crippen LogP contribution in [0.3, 0.4) is 0 Å². The number of esters is 1. The molecule has 7 heteroatoms. The van der Waals surface area contributed by atoms with E-state index in [0.717, 1.165) is 6.42 Å². The average molecular weight is 336 g/mol. The highest BCUT2D eigenvalue weighted by Gasteiger charge is 2.43. The summed E-state index contributed by atoms with van der Waals surface area (Å²) >= 11 is 0. The fourth-order valence-corrected chi connectivity index (χ4v) is 2.93. The number of hydrogen-bond acceptors (Lipinski definition) is 5. The van der Waals surface area contributed by atoms with Gasteiger partial charge in [0.05, 0.1) is 5.69 Å². The molecule has 1 aromatic heterocycles. The Balaban J connectivity index is 2.39. The van der Waals surface area contributed by atoms with Gasteiger partial charge in [-0.15, -0.1) is 5.10 Å². The van der Waals surface area contributed by atoms with E-state index >= 15 is 0 Å². The number of rotatable bonds is 5. The topological polar surface area (TPSA) is 86.1 Å². The number of carbonyl (C=O) groups excluding carboxylic acids is 2. The van der Waals surface area contributed by atoms with Gasteiger partial charge in [0.15, 0.2) is 5.69 Å². The SMILES string of the molecule is CCCc1nnn2c1C(=O)OC(C(=O)NC(C)(C)C)[C@@H]2CC(C)C. The molecule has 0 bridgehead atoms. The lowest BCUT2D eigenvalue weighted by Gasteiger charge is -2.34. The Hall–Kier alpha value is -1.92. The van der Waals surface area contributed by atoms with Crippen LogP contribution < -0.4 is 5.32 Å². The molecule has 7 nitrogen and oxygen atoms in total. The van der Waals surface area contributed by atoms with Crippen molar-refractivity contribution in [3.05, 3.63) is 11.4 Å². The number of ether oxygens (including phenoxy) is 1. The molecule has 1 amide bonds. The second-order valence-corrected chi connectivity index (χ2v) is 7.84. The summed E-state index contributed by atoms with van der Waals surface area (Å²) in [7, 11) is 0. The molecule has 2 rings (SSSR count). The predicted octanol–water partition coefficient (Wildman–Crippen LogP) is 2.27. The van der Waals surface area contributed by atoms with Gasteiger partial charge in [-0.05, 0) is 39.5 Å². The van der Waals surface area contributed by atoms with Crippen LogP contribution in [0.25, 0.3) is 0 Å². The molecule has 0 aromatic carbocycles. The van der Waals surface area contributed by atoms with Gasteiger partial charge in [-0.25, -0.2) is 9.48 Å². The first kappa shape index (κ1) is 18.4. The van der Waals surface area contributed by atoms with Crippen molar-refractivity contribution < 1.29 is 14.3 Å². The summed E-state index contributed by atoms with van der Waals surface area (Å²) < 4.78 is 7.13. The van der Waals surface area contributed by atoms with Crippen molar-refractivity contribution in [1.29, 1.82) is 0 Å². The Morgan fingerprint density at radius 1 is 1.38 bits per heavy atom. The maximum absolute atomic E-state index is 12.6. The summed E-state index contributed by atoms with van der Waals surface area (Å²) in [5.41, 5.74) is 0.635. The highest BCUT2D eigenvalue weighted by Crippen LogP contribution is 2.31. The molecule has 1 aliphatic heterocycles. The largest absolute Gasteiger partial charge is 0.445 e. The van der Waals surface area contributed by atoms with Crippen LogP contribution >= 0.6 is 0 Å². The van der Waals surface area contributed by atoms with Crippen molar-refractivity contribution in [1.82, 2.24) is 20.3 Å². The van der Waals surface area contributed by atoms with Crippen LogP contribution in [-0.2, 0) is 16.0 Å². The minimum atomic E-state index is -0.886. The monoisotopic (exact) mass is 336 g/mol. The minimum Gasteiger partial charge on any atom is -0.445 e. The first-order valence-electron chi connectivity index (χ1n) is 8.61. The van der Waals surface area contributed by atoms with Crippen LogP contribution in [0.15, 0.2) is 0 Å². The van der Waals surface area contributed by atoms with E-state index in [1.807, 2.05) is 27.7 Å². The summed E-state index contributed by atoms with van der Waals surface area (Å²) in [6.45, 7) is 11.8. The highest BCUT2D eigenvalue weighted by atomic mass is 16.6. The molecule has 0 aliphatic carbocycles. The van der Waals surface area contributed by atoms with Gasteiger partial charge in [0.1, 0.15) is 6.04 Å². The van der Waals surface area contributed by atoms with Gasteiger partial charge in [0, 0.05) is 5.54 Å². The summed E-state index contributed by atoms with van der Waals surface area (Å²) in [5.74, 6) is -0.486. The van der Waals surface area contributed by atoms with Crippen molar-refractivity contribution >= 4 is 11.9 Å². The molecule has 1 N–H and O–H groups in total. The Labute approximate surface area is 143 Å². The lowest BCUT2D eigenvalue weighted by molar-refractivity contribution is -0.135. The molecule has 2 heterocycles. The van der Waals surface area contributed by atoms with E-state index in [9.17, 15) is 9.59 Å². The van der Waals surface area contributed by atoms with Gasteiger partial charge in [-0.1, -0.05) is 32.4 Å². The third-order valence-electron chi connectivity index (χ3n) is 3.81. The molecule has 0 fully saturated rings. The van der Waals surface area contributed by atoms with Crippen molar-refractivity contribution in [2.75, 3.05) is 0 Å². The summed E-state index contributed by atoms with van der Waals surface area (Å²) in [6.07, 6.45) is 1.32.